The van der Waals surface area contributed by atoms with Crippen LogP contribution < -0.4 is 5.32 Å². The summed E-state index contributed by atoms with van der Waals surface area (Å²) in [6, 6.07) is 7.83. The first-order valence-corrected chi connectivity index (χ1v) is 6.74. The van der Waals surface area contributed by atoms with E-state index >= 15 is 0 Å². The lowest BCUT2D eigenvalue weighted by molar-refractivity contribution is -0.116. The Morgan fingerprint density at radius 1 is 1.41 bits per heavy atom. The molecule has 1 aromatic carbocycles. The minimum Gasteiger partial charge on any atom is -0.303 e. The Labute approximate surface area is 112 Å². The number of thioether (sulfide) groups is 1. The standard InChI is InChI=1S/C11H10BrN3OS/c1-7(8-2-4-9(12)5-3-8)14-15-11-13-10(16)6-17-11/h2-5H,6H2,1H3,(H,13,15,16)/b14-7+. The topological polar surface area (TPSA) is 53.8 Å². The van der Waals surface area contributed by atoms with E-state index in [9.17, 15) is 4.79 Å². The van der Waals surface area contributed by atoms with Gasteiger partial charge in [-0.25, -0.2) is 0 Å². The highest BCUT2D eigenvalue weighted by molar-refractivity contribution is 9.10. The van der Waals surface area contributed by atoms with Gasteiger partial charge in [-0.05, 0) is 24.6 Å². The third-order valence-electron chi connectivity index (χ3n) is 2.14. The molecule has 0 unspecified atom stereocenters. The predicted octanol–water partition coefficient (Wildman–Crippen LogP) is 2.39. The number of amidine groups is 1. The quantitative estimate of drug-likeness (QED) is 0.673. The van der Waals surface area contributed by atoms with Crippen LogP contribution in [0.2, 0.25) is 0 Å². The van der Waals surface area contributed by atoms with E-state index in [0.717, 1.165) is 15.7 Å². The first-order valence-electron chi connectivity index (χ1n) is 4.96. The zero-order chi connectivity index (χ0) is 12.3. The molecule has 0 radical (unpaired) electrons. The molecule has 17 heavy (non-hydrogen) atoms. The number of hydrogen-bond acceptors (Lipinski definition) is 4. The number of nitrogens with zero attached hydrogens (tertiary/aromatic N) is 2. The molecule has 1 aliphatic rings. The van der Waals surface area contributed by atoms with E-state index in [4.69, 9.17) is 0 Å². The molecule has 0 atom stereocenters. The van der Waals surface area contributed by atoms with Gasteiger partial charge in [0.15, 0.2) is 5.17 Å². The Kier molecular flexibility index (Phi) is 3.96. The van der Waals surface area contributed by atoms with Gasteiger partial charge in [0, 0.05) is 4.47 Å². The Bertz CT molecular complexity index is 496. The van der Waals surface area contributed by atoms with Gasteiger partial charge < -0.3 is 5.32 Å². The molecule has 0 aromatic heterocycles. The largest absolute Gasteiger partial charge is 0.303 e. The maximum atomic E-state index is 10.9. The molecule has 0 saturated carbocycles. The van der Waals surface area contributed by atoms with E-state index in [0.29, 0.717) is 10.9 Å². The number of carbonyl (C=O) groups is 1. The van der Waals surface area contributed by atoms with Crippen LogP contribution in [0.3, 0.4) is 0 Å². The van der Waals surface area contributed by atoms with Crippen molar-refractivity contribution in [1.82, 2.24) is 5.32 Å². The number of rotatable bonds is 2. The molecule has 1 N–H and O–H groups in total. The van der Waals surface area contributed by atoms with Crippen LogP contribution in [-0.2, 0) is 4.79 Å². The van der Waals surface area contributed by atoms with Crippen LogP contribution in [0.1, 0.15) is 12.5 Å². The second kappa shape index (κ2) is 5.46. The molecule has 1 aliphatic heterocycles. The molecular weight excluding hydrogens is 302 g/mol. The lowest BCUT2D eigenvalue weighted by Crippen LogP contribution is -2.19. The van der Waals surface area contributed by atoms with Crippen LogP contribution >= 0.6 is 27.7 Å². The van der Waals surface area contributed by atoms with Gasteiger partial charge in [0.1, 0.15) is 0 Å². The molecule has 88 valence electrons. The highest BCUT2D eigenvalue weighted by Gasteiger charge is 2.16. The van der Waals surface area contributed by atoms with E-state index in [2.05, 4.69) is 31.4 Å². The van der Waals surface area contributed by atoms with Gasteiger partial charge in [0.25, 0.3) is 0 Å². The summed E-state index contributed by atoms with van der Waals surface area (Å²) in [5, 5.41) is 11.3. The first kappa shape index (κ1) is 12.3. The van der Waals surface area contributed by atoms with Crippen molar-refractivity contribution in [1.29, 1.82) is 0 Å². The molecule has 1 amide bonds. The van der Waals surface area contributed by atoms with Crippen molar-refractivity contribution in [2.45, 2.75) is 6.92 Å². The molecule has 6 heteroatoms. The predicted molar refractivity (Wildman–Crippen MR) is 74.4 cm³/mol. The van der Waals surface area contributed by atoms with Crippen molar-refractivity contribution in [2.75, 3.05) is 5.75 Å². The molecule has 1 fully saturated rings. The molecular formula is C11H10BrN3OS. The van der Waals surface area contributed by atoms with Crippen molar-refractivity contribution < 1.29 is 4.79 Å². The van der Waals surface area contributed by atoms with Crippen molar-refractivity contribution >= 4 is 44.5 Å². The number of halogens is 1. The maximum absolute atomic E-state index is 10.9. The molecule has 4 nitrogen and oxygen atoms in total. The first-order chi connectivity index (χ1) is 8.15. The highest BCUT2D eigenvalue weighted by atomic mass is 79.9. The second-order valence-electron chi connectivity index (χ2n) is 3.43. The minimum absolute atomic E-state index is 0.0229. The number of nitrogens with one attached hydrogen (secondary N) is 1. The number of hydrogen-bond donors (Lipinski definition) is 1. The summed E-state index contributed by atoms with van der Waals surface area (Å²) < 4.78 is 1.03. The number of amides is 1. The fourth-order valence-electron chi connectivity index (χ4n) is 1.25. The van der Waals surface area contributed by atoms with Gasteiger partial charge in [0.2, 0.25) is 5.91 Å². The normalized spacial score (nSPS) is 18.6. The highest BCUT2D eigenvalue weighted by Crippen LogP contribution is 2.12. The van der Waals surface area contributed by atoms with Crippen molar-refractivity contribution in [3.8, 4) is 0 Å². The number of benzene rings is 1. The summed E-state index contributed by atoms with van der Waals surface area (Å²) in [7, 11) is 0. The molecule has 0 aliphatic carbocycles. The summed E-state index contributed by atoms with van der Waals surface area (Å²) >= 11 is 4.74. The van der Waals surface area contributed by atoms with Crippen LogP contribution in [0.4, 0.5) is 0 Å². The minimum atomic E-state index is -0.0229. The fraction of sp³-hybridized carbons (Fsp3) is 0.182. The lowest BCUT2D eigenvalue weighted by Gasteiger charge is -1.98. The summed E-state index contributed by atoms with van der Waals surface area (Å²) in [4.78, 5) is 10.9. The molecule has 2 rings (SSSR count). The van der Waals surface area contributed by atoms with Crippen LogP contribution in [0.15, 0.2) is 38.9 Å². The van der Waals surface area contributed by atoms with Gasteiger partial charge >= 0.3 is 0 Å². The molecule has 0 bridgehead atoms. The monoisotopic (exact) mass is 311 g/mol. The Balaban J connectivity index is 2.12. The van der Waals surface area contributed by atoms with Crippen molar-refractivity contribution in [3.63, 3.8) is 0 Å². The zero-order valence-corrected chi connectivity index (χ0v) is 11.5. The molecule has 1 heterocycles. The Morgan fingerprint density at radius 3 is 2.71 bits per heavy atom. The molecule has 1 saturated heterocycles. The summed E-state index contributed by atoms with van der Waals surface area (Å²) in [6.45, 7) is 1.88. The third kappa shape index (κ3) is 3.41. The Hall–Kier alpha value is -1.14. The van der Waals surface area contributed by atoms with Crippen LogP contribution in [-0.4, -0.2) is 22.5 Å². The van der Waals surface area contributed by atoms with E-state index in [-0.39, 0.29) is 5.91 Å². The fourth-order valence-corrected chi connectivity index (χ4v) is 2.14. The van der Waals surface area contributed by atoms with Crippen LogP contribution in [0, 0.1) is 0 Å². The molecule has 0 spiro atoms. The Morgan fingerprint density at radius 2 is 2.12 bits per heavy atom. The van der Waals surface area contributed by atoms with E-state index in [1.165, 1.54) is 11.8 Å². The van der Waals surface area contributed by atoms with Crippen molar-refractivity contribution in [2.24, 2.45) is 10.2 Å². The van der Waals surface area contributed by atoms with E-state index in [1.54, 1.807) is 0 Å². The van der Waals surface area contributed by atoms with Crippen molar-refractivity contribution in [3.05, 3.63) is 34.3 Å². The summed E-state index contributed by atoms with van der Waals surface area (Å²) in [6.07, 6.45) is 0. The van der Waals surface area contributed by atoms with Gasteiger partial charge in [0.05, 0.1) is 11.5 Å². The second-order valence-corrected chi connectivity index (χ2v) is 5.31. The molecule has 1 aromatic rings. The van der Waals surface area contributed by atoms with Gasteiger partial charge in [-0.1, -0.05) is 39.8 Å². The van der Waals surface area contributed by atoms with E-state index in [1.807, 2.05) is 31.2 Å². The average Bonchev–Trinajstić information content (AvgIpc) is 2.73. The zero-order valence-electron chi connectivity index (χ0n) is 9.11. The van der Waals surface area contributed by atoms with Gasteiger partial charge in [-0.3, -0.25) is 4.79 Å². The average molecular weight is 312 g/mol. The van der Waals surface area contributed by atoms with Gasteiger partial charge in [-0.15, -0.1) is 5.10 Å². The number of carbonyl (C=O) groups excluding carboxylic acids is 1. The van der Waals surface area contributed by atoms with Crippen LogP contribution in [0.25, 0.3) is 0 Å². The third-order valence-corrected chi connectivity index (χ3v) is 3.53. The smallest absolute Gasteiger partial charge is 0.236 e. The van der Waals surface area contributed by atoms with Gasteiger partial charge in [-0.2, -0.15) is 5.10 Å². The lowest BCUT2D eigenvalue weighted by atomic mass is 10.1. The maximum Gasteiger partial charge on any atom is 0.236 e. The summed E-state index contributed by atoms with van der Waals surface area (Å²) in [5.74, 6) is 0.399. The summed E-state index contributed by atoms with van der Waals surface area (Å²) in [5.41, 5.74) is 1.82. The van der Waals surface area contributed by atoms with Crippen LogP contribution in [0.5, 0.6) is 0 Å². The van der Waals surface area contributed by atoms with E-state index < -0.39 is 0 Å². The SMILES string of the molecule is C/C(=N\N=C1/NC(=O)CS1)c1ccc(Br)cc1.